The molecule has 6 heteroatoms. The third-order valence-electron chi connectivity index (χ3n) is 23.4. The molecule has 0 saturated heterocycles. The highest BCUT2D eigenvalue weighted by atomic mass is 16.3. The van der Waals surface area contributed by atoms with Crippen molar-refractivity contribution in [2.45, 2.75) is 0 Å². The van der Waals surface area contributed by atoms with E-state index in [0.717, 1.165) is 172 Å². The van der Waals surface area contributed by atoms with Crippen LogP contribution in [-0.2, 0) is 0 Å². The highest BCUT2D eigenvalue weighted by Gasteiger charge is 2.22. The molecule has 23 aromatic rings. The lowest BCUT2D eigenvalue weighted by Crippen LogP contribution is -2.09. The summed E-state index contributed by atoms with van der Waals surface area (Å²) in [4.78, 5) is 4.65. The first-order valence-electron chi connectivity index (χ1n) is 40.7. The van der Waals surface area contributed by atoms with Crippen molar-refractivity contribution in [3.8, 4) is 100 Å². The smallest absolute Gasteiger partial charge is 0.143 e. The van der Waals surface area contributed by atoms with Crippen LogP contribution in [0.5, 0.6) is 0 Å². The summed E-state index contributed by atoms with van der Waals surface area (Å²) in [5.74, 6) is 0. The van der Waals surface area contributed by atoms with Crippen LogP contribution >= 0.6 is 0 Å². The Bertz CT molecular complexity index is 7330. The van der Waals surface area contributed by atoms with Gasteiger partial charge in [0, 0.05) is 99.5 Å². The van der Waals surface area contributed by atoms with Gasteiger partial charge in [0.15, 0.2) is 0 Å². The molecular weight excluding hydrogens is 1460 g/mol. The molecular formula is C114H74N2O4. The van der Waals surface area contributed by atoms with Crippen molar-refractivity contribution in [3.05, 3.63) is 449 Å². The van der Waals surface area contributed by atoms with Crippen molar-refractivity contribution in [1.82, 2.24) is 0 Å². The minimum absolute atomic E-state index is 0.897. The fraction of sp³-hybridized carbons (Fsp3) is 0. The zero-order valence-corrected chi connectivity index (χ0v) is 65.3. The molecule has 564 valence electrons. The van der Waals surface area contributed by atoms with Crippen LogP contribution in [0.4, 0.5) is 34.1 Å². The molecule has 4 aromatic heterocycles. The number of para-hydroxylation sites is 8. The van der Waals surface area contributed by atoms with Crippen molar-refractivity contribution in [3.63, 3.8) is 0 Å². The number of anilines is 6. The first kappa shape index (κ1) is 70.6. The average Bonchev–Trinajstić information content (AvgIpc) is 1.66. The van der Waals surface area contributed by atoms with E-state index < -0.39 is 0 Å². The number of fused-ring (bicyclic) bond motifs is 12. The molecule has 120 heavy (non-hydrogen) atoms. The highest BCUT2D eigenvalue weighted by molar-refractivity contribution is 6.13. The molecule has 19 aromatic carbocycles. The third-order valence-corrected chi connectivity index (χ3v) is 23.4. The molecule has 0 bridgehead atoms. The largest absolute Gasteiger partial charge is 0.455 e. The van der Waals surface area contributed by atoms with Crippen LogP contribution in [0, 0.1) is 0 Å². The molecule has 0 spiro atoms. The predicted octanol–water partition coefficient (Wildman–Crippen LogP) is 32.9. The van der Waals surface area contributed by atoms with E-state index in [1.807, 2.05) is 48.5 Å². The van der Waals surface area contributed by atoms with Gasteiger partial charge in [0.25, 0.3) is 0 Å². The Kier molecular flexibility index (Phi) is 17.8. The lowest BCUT2D eigenvalue weighted by molar-refractivity contribution is 0.669. The summed E-state index contributed by atoms with van der Waals surface area (Å²) in [5.41, 5.74) is 34.1. The van der Waals surface area contributed by atoms with Gasteiger partial charge in [-0.15, -0.1) is 0 Å². The normalized spacial score (nSPS) is 11.5. The van der Waals surface area contributed by atoms with E-state index in [0.29, 0.717) is 0 Å². The first-order valence-corrected chi connectivity index (χ1v) is 40.7. The number of hydrogen-bond donors (Lipinski definition) is 0. The van der Waals surface area contributed by atoms with Crippen molar-refractivity contribution < 1.29 is 17.7 Å². The molecule has 0 atom stereocenters. The first-order chi connectivity index (χ1) is 59.5. The monoisotopic (exact) mass is 1530 g/mol. The van der Waals surface area contributed by atoms with Crippen molar-refractivity contribution in [2.75, 3.05) is 9.80 Å². The molecule has 6 nitrogen and oxygen atoms in total. The Morgan fingerprint density at radius 2 is 0.300 bits per heavy atom. The van der Waals surface area contributed by atoms with Crippen LogP contribution in [0.2, 0.25) is 0 Å². The lowest BCUT2D eigenvalue weighted by Gasteiger charge is -2.26. The van der Waals surface area contributed by atoms with E-state index in [-0.39, 0.29) is 0 Å². The van der Waals surface area contributed by atoms with Gasteiger partial charge in [-0.1, -0.05) is 334 Å². The number of rotatable bonds is 15. The predicted molar refractivity (Wildman–Crippen MR) is 500 cm³/mol. The van der Waals surface area contributed by atoms with E-state index in [1.54, 1.807) is 0 Å². The lowest BCUT2D eigenvalue weighted by atomic mass is 9.93. The van der Waals surface area contributed by atoms with Gasteiger partial charge < -0.3 is 27.5 Å². The standard InChI is InChI=1S/C60H39NO2.C54H35NO2/c1-3-13-40(14-4-1)45-37-46(41-15-5-2-6-16-41)39-47(38-45)42-25-31-48(32-26-42)61(49-33-27-43(28-34-49)51-19-11-21-55-53-17-7-9-23-57(53)62-59(51)55)50-35-29-44(30-36-50)52-20-12-22-56-54-18-8-10-24-58(54)63-60(52)56;1-2-10-36(11-3-1)37-20-22-38(23-21-37)39-24-30-42(31-25-39)55(43-32-26-40(27-33-43)45-14-8-16-49-47-12-4-6-18-51(47)56-53(45)49)44-34-28-41(29-35-44)46-15-9-17-50-48-13-5-7-19-52(48)57-54(46)50/h1-39H;1-35H. The Labute approximate surface area is 693 Å². The van der Waals surface area contributed by atoms with Crippen LogP contribution in [-0.4, -0.2) is 0 Å². The molecule has 0 aliphatic heterocycles. The second kappa shape index (κ2) is 30.3. The number of nitrogens with zero attached hydrogens (tertiary/aromatic N) is 2. The number of hydrogen-bond acceptors (Lipinski definition) is 6. The zero-order valence-electron chi connectivity index (χ0n) is 65.3. The van der Waals surface area contributed by atoms with Crippen molar-refractivity contribution in [2.24, 2.45) is 0 Å². The van der Waals surface area contributed by atoms with Gasteiger partial charge in [0.1, 0.15) is 44.7 Å². The summed E-state index contributed by atoms with van der Waals surface area (Å²) in [7, 11) is 0. The second-order valence-corrected chi connectivity index (χ2v) is 30.5. The summed E-state index contributed by atoms with van der Waals surface area (Å²) in [6, 6.07) is 159. The molecule has 0 fully saturated rings. The maximum Gasteiger partial charge on any atom is 0.143 e. The number of furan rings is 4. The second-order valence-electron chi connectivity index (χ2n) is 30.5. The van der Waals surface area contributed by atoms with Crippen molar-refractivity contribution >= 4 is 122 Å². The fourth-order valence-corrected chi connectivity index (χ4v) is 17.4. The van der Waals surface area contributed by atoms with Gasteiger partial charge >= 0.3 is 0 Å². The molecule has 0 aliphatic carbocycles. The summed E-state index contributed by atoms with van der Waals surface area (Å²) in [6.07, 6.45) is 0. The van der Waals surface area contributed by atoms with Gasteiger partial charge in [0.2, 0.25) is 0 Å². The molecule has 0 saturated carbocycles. The molecule has 0 amide bonds. The molecule has 0 unspecified atom stereocenters. The van der Waals surface area contributed by atoms with Crippen LogP contribution in [0.1, 0.15) is 0 Å². The maximum absolute atomic E-state index is 6.44. The van der Waals surface area contributed by atoms with E-state index in [9.17, 15) is 0 Å². The Morgan fingerprint density at radius 1 is 0.125 bits per heavy atom. The summed E-state index contributed by atoms with van der Waals surface area (Å²) in [6.45, 7) is 0. The van der Waals surface area contributed by atoms with Crippen molar-refractivity contribution in [1.29, 1.82) is 0 Å². The number of benzene rings is 19. The zero-order chi connectivity index (χ0) is 79.4. The molecule has 23 rings (SSSR count). The quantitative estimate of drug-likeness (QED) is 0.102. The van der Waals surface area contributed by atoms with Gasteiger partial charge in [-0.25, -0.2) is 0 Å². The van der Waals surface area contributed by atoms with E-state index in [2.05, 4.69) is 410 Å². The molecule has 0 radical (unpaired) electrons. The Hall–Kier alpha value is -16.0. The SMILES string of the molecule is c1ccc(-c2cc(-c3ccccc3)cc(-c3ccc(N(c4ccc(-c5cccc6c5oc5ccccc56)cc4)c4ccc(-c5cccc6c5oc5ccccc56)cc4)cc3)c2)cc1.c1ccc(-c2ccc(-c3ccc(N(c4ccc(-c5cccc6c5oc5ccccc56)cc4)c4ccc(-c5cccc6c5oc5ccccc56)cc4)cc3)cc2)cc1. The van der Waals surface area contributed by atoms with Crippen LogP contribution < -0.4 is 9.80 Å². The van der Waals surface area contributed by atoms with E-state index >= 15 is 0 Å². The molecule has 0 N–H and O–H groups in total. The fourth-order valence-electron chi connectivity index (χ4n) is 17.4. The topological polar surface area (TPSA) is 59.0 Å². The Morgan fingerprint density at radius 3 is 0.542 bits per heavy atom. The summed E-state index contributed by atoms with van der Waals surface area (Å²) >= 11 is 0. The summed E-state index contributed by atoms with van der Waals surface area (Å²) < 4.78 is 25.7. The maximum atomic E-state index is 6.44. The van der Waals surface area contributed by atoms with Gasteiger partial charge in [-0.2, -0.15) is 0 Å². The highest BCUT2D eigenvalue weighted by Crippen LogP contribution is 2.46. The van der Waals surface area contributed by atoms with Crippen LogP contribution in [0.25, 0.3) is 188 Å². The molecule has 4 heterocycles. The average molecular weight is 1540 g/mol. The van der Waals surface area contributed by atoms with E-state index in [4.69, 9.17) is 17.7 Å². The summed E-state index contributed by atoms with van der Waals surface area (Å²) in [5, 5.41) is 9.02. The van der Waals surface area contributed by atoms with Crippen LogP contribution in [0.15, 0.2) is 467 Å². The van der Waals surface area contributed by atoms with Crippen LogP contribution in [0.3, 0.4) is 0 Å². The van der Waals surface area contributed by atoms with Gasteiger partial charge in [0.05, 0.1) is 0 Å². The minimum atomic E-state index is 0.897. The Balaban J connectivity index is 0.000000145. The van der Waals surface area contributed by atoms with E-state index in [1.165, 1.54) is 50.1 Å². The van der Waals surface area contributed by atoms with Gasteiger partial charge in [-0.05, 0) is 193 Å². The minimum Gasteiger partial charge on any atom is -0.455 e. The molecule has 0 aliphatic rings. The van der Waals surface area contributed by atoms with Gasteiger partial charge in [-0.3, -0.25) is 0 Å². The third kappa shape index (κ3) is 13.1.